The number of carbonyl (C=O) groups excluding carboxylic acids is 1. The minimum atomic E-state index is -3.53. The second-order valence-corrected chi connectivity index (χ2v) is 7.75. The van der Waals surface area contributed by atoms with Gasteiger partial charge in [0.25, 0.3) is 0 Å². The summed E-state index contributed by atoms with van der Waals surface area (Å²) in [5.74, 6) is -0.121. The molecule has 0 atom stereocenters. The number of nitrogens with zero attached hydrogens (tertiary/aromatic N) is 1. The van der Waals surface area contributed by atoms with Crippen molar-refractivity contribution in [2.45, 2.75) is 56.4 Å². The molecule has 0 N–H and O–H groups in total. The molecule has 0 spiro atoms. The van der Waals surface area contributed by atoms with E-state index in [0.29, 0.717) is 5.56 Å². The summed E-state index contributed by atoms with van der Waals surface area (Å²) < 4.78 is 27.0. The molecule has 0 heterocycles. The molecule has 0 unspecified atom stereocenters. The molecule has 0 bridgehead atoms. The highest BCUT2D eigenvalue weighted by Gasteiger charge is 2.28. The average Bonchev–Trinajstić information content (AvgIpc) is 2.75. The van der Waals surface area contributed by atoms with Crippen LogP contribution >= 0.6 is 0 Å². The van der Waals surface area contributed by atoms with E-state index in [1.807, 2.05) is 0 Å². The number of carbonyl (C=O) groups is 1. The SMILES string of the molecule is CC(=O)c1cccc(S(=O)(=O)N(C)C2CCCCCC2)c1. The van der Waals surface area contributed by atoms with Gasteiger partial charge in [0.2, 0.25) is 10.0 Å². The summed E-state index contributed by atoms with van der Waals surface area (Å²) in [4.78, 5) is 11.6. The summed E-state index contributed by atoms with van der Waals surface area (Å²) >= 11 is 0. The molecule has 4 nitrogen and oxygen atoms in total. The summed E-state index contributed by atoms with van der Waals surface area (Å²) in [5.41, 5.74) is 0.436. The van der Waals surface area contributed by atoms with E-state index in [9.17, 15) is 13.2 Å². The maximum absolute atomic E-state index is 12.7. The smallest absolute Gasteiger partial charge is 0.243 e. The molecule has 1 aromatic carbocycles. The van der Waals surface area contributed by atoms with Crippen LogP contribution in [0.1, 0.15) is 55.8 Å². The topological polar surface area (TPSA) is 54.5 Å². The maximum Gasteiger partial charge on any atom is 0.243 e. The number of sulfonamides is 1. The summed E-state index contributed by atoms with van der Waals surface area (Å²) in [6.07, 6.45) is 6.37. The van der Waals surface area contributed by atoms with Gasteiger partial charge in [-0.25, -0.2) is 8.42 Å². The van der Waals surface area contributed by atoms with Crippen LogP contribution in [0.3, 0.4) is 0 Å². The minimum absolute atomic E-state index is 0.0680. The quantitative estimate of drug-likeness (QED) is 0.634. The van der Waals surface area contributed by atoms with Crippen LogP contribution in [-0.4, -0.2) is 31.6 Å². The molecule has 1 fully saturated rings. The van der Waals surface area contributed by atoms with Crippen molar-refractivity contribution in [3.8, 4) is 0 Å². The lowest BCUT2D eigenvalue weighted by Gasteiger charge is -2.26. The monoisotopic (exact) mass is 309 g/mol. The molecular weight excluding hydrogens is 286 g/mol. The van der Waals surface area contributed by atoms with E-state index < -0.39 is 10.0 Å². The molecule has 5 heteroatoms. The fraction of sp³-hybridized carbons (Fsp3) is 0.562. The normalized spacial score (nSPS) is 17.7. The van der Waals surface area contributed by atoms with Crippen LogP contribution in [0.15, 0.2) is 29.2 Å². The Hall–Kier alpha value is -1.20. The van der Waals surface area contributed by atoms with Gasteiger partial charge in [0.15, 0.2) is 5.78 Å². The van der Waals surface area contributed by atoms with Crippen molar-refractivity contribution < 1.29 is 13.2 Å². The van der Waals surface area contributed by atoms with E-state index in [-0.39, 0.29) is 16.7 Å². The van der Waals surface area contributed by atoms with E-state index in [4.69, 9.17) is 0 Å². The molecule has 21 heavy (non-hydrogen) atoms. The van der Waals surface area contributed by atoms with Crippen molar-refractivity contribution >= 4 is 15.8 Å². The van der Waals surface area contributed by atoms with Crippen LogP contribution in [0.5, 0.6) is 0 Å². The number of rotatable bonds is 4. The zero-order valence-corrected chi connectivity index (χ0v) is 13.5. The Morgan fingerprint density at radius 1 is 1.14 bits per heavy atom. The van der Waals surface area contributed by atoms with Crippen LogP contribution < -0.4 is 0 Å². The predicted molar refractivity (Wildman–Crippen MR) is 82.9 cm³/mol. The van der Waals surface area contributed by atoms with Gasteiger partial charge >= 0.3 is 0 Å². The molecule has 1 aliphatic rings. The number of benzene rings is 1. The molecule has 2 rings (SSSR count). The second-order valence-electron chi connectivity index (χ2n) is 5.75. The number of hydrogen-bond acceptors (Lipinski definition) is 3. The largest absolute Gasteiger partial charge is 0.295 e. The van der Waals surface area contributed by atoms with Crippen LogP contribution in [0.2, 0.25) is 0 Å². The lowest BCUT2D eigenvalue weighted by molar-refractivity contribution is 0.101. The Kier molecular flexibility index (Phi) is 5.17. The molecule has 0 saturated heterocycles. The van der Waals surface area contributed by atoms with Gasteiger partial charge in [0, 0.05) is 18.7 Å². The second kappa shape index (κ2) is 6.71. The van der Waals surface area contributed by atoms with Crippen molar-refractivity contribution in [2.75, 3.05) is 7.05 Å². The summed E-state index contributed by atoms with van der Waals surface area (Å²) in [5, 5.41) is 0. The van der Waals surface area contributed by atoms with Crippen LogP contribution in [-0.2, 0) is 10.0 Å². The molecule has 0 amide bonds. The molecule has 0 aliphatic heterocycles. The zero-order chi connectivity index (χ0) is 15.5. The standard InChI is InChI=1S/C16H23NO3S/c1-13(18)14-8-7-11-16(12-14)21(19,20)17(2)15-9-5-3-4-6-10-15/h7-8,11-12,15H,3-6,9-10H2,1-2H3. The van der Waals surface area contributed by atoms with Crippen LogP contribution in [0.25, 0.3) is 0 Å². The van der Waals surface area contributed by atoms with Gasteiger partial charge in [0.05, 0.1) is 4.90 Å². The van der Waals surface area contributed by atoms with Crippen LogP contribution in [0.4, 0.5) is 0 Å². The summed E-state index contributed by atoms with van der Waals surface area (Å²) in [7, 11) is -1.87. The fourth-order valence-electron chi connectivity index (χ4n) is 2.86. The first-order valence-electron chi connectivity index (χ1n) is 7.52. The molecule has 1 aliphatic carbocycles. The van der Waals surface area contributed by atoms with E-state index in [2.05, 4.69) is 0 Å². The fourth-order valence-corrected chi connectivity index (χ4v) is 4.32. The van der Waals surface area contributed by atoms with Gasteiger partial charge in [-0.3, -0.25) is 4.79 Å². The number of hydrogen-bond donors (Lipinski definition) is 0. The highest BCUT2D eigenvalue weighted by atomic mass is 32.2. The minimum Gasteiger partial charge on any atom is -0.295 e. The maximum atomic E-state index is 12.7. The highest BCUT2D eigenvalue weighted by molar-refractivity contribution is 7.89. The van der Waals surface area contributed by atoms with Crippen LogP contribution in [0, 0.1) is 0 Å². The van der Waals surface area contributed by atoms with Gasteiger partial charge in [0.1, 0.15) is 0 Å². The third kappa shape index (κ3) is 3.71. The number of ketones is 1. The molecule has 116 valence electrons. The van der Waals surface area contributed by atoms with E-state index in [1.165, 1.54) is 30.1 Å². The van der Waals surface area contributed by atoms with Crippen molar-refractivity contribution in [3.05, 3.63) is 29.8 Å². The zero-order valence-electron chi connectivity index (χ0n) is 12.7. The van der Waals surface area contributed by atoms with Gasteiger partial charge in [-0.1, -0.05) is 37.8 Å². The summed E-state index contributed by atoms with van der Waals surface area (Å²) in [6, 6.07) is 6.38. The summed E-state index contributed by atoms with van der Waals surface area (Å²) in [6.45, 7) is 1.45. The average molecular weight is 309 g/mol. The Bertz CT molecular complexity index is 602. The van der Waals surface area contributed by atoms with Crippen molar-refractivity contribution in [3.63, 3.8) is 0 Å². The Morgan fingerprint density at radius 2 is 1.76 bits per heavy atom. The Balaban J connectivity index is 2.27. The molecule has 1 saturated carbocycles. The molecular formula is C16H23NO3S. The van der Waals surface area contributed by atoms with E-state index in [1.54, 1.807) is 25.2 Å². The first-order chi connectivity index (χ1) is 9.93. The van der Waals surface area contributed by atoms with E-state index >= 15 is 0 Å². The Morgan fingerprint density at radius 3 is 2.33 bits per heavy atom. The Labute approximate surface area is 127 Å². The van der Waals surface area contributed by atoms with Crippen molar-refractivity contribution in [1.29, 1.82) is 0 Å². The predicted octanol–water partition coefficient (Wildman–Crippen LogP) is 3.23. The first-order valence-corrected chi connectivity index (χ1v) is 8.96. The van der Waals surface area contributed by atoms with Gasteiger partial charge < -0.3 is 0 Å². The molecule has 0 radical (unpaired) electrons. The molecule has 0 aromatic heterocycles. The molecule has 1 aromatic rings. The van der Waals surface area contributed by atoms with Gasteiger partial charge in [-0.05, 0) is 31.9 Å². The number of Topliss-reactive ketones (excluding diaryl/α,β-unsaturated/α-hetero) is 1. The third-order valence-corrected chi connectivity index (χ3v) is 6.16. The lowest BCUT2D eigenvalue weighted by Crippen LogP contribution is -2.36. The van der Waals surface area contributed by atoms with E-state index in [0.717, 1.165) is 25.7 Å². The van der Waals surface area contributed by atoms with Gasteiger partial charge in [-0.2, -0.15) is 4.31 Å². The third-order valence-electron chi connectivity index (χ3n) is 4.26. The lowest BCUT2D eigenvalue weighted by atomic mass is 10.1. The van der Waals surface area contributed by atoms with Crippen molar-refractivity contribution in [1.82, 2.24) is 4.31 Å². The van der Waals surface area contributed by atoms with Crippen molar-refractivity contribution in [2.24, 2.45) is 0 Å². The highest BCUT2D eigenvalue weighted by Crippen LogP contribution is 2.26. The first kappa shape index (κ1) is 16.2. The van der Waals surface area contributed by atoms with Gasteiger partial charge in [-0.15, -0.1) is 0 Å².